The molecule has 9 heteroatoms. The van der Waals surface area contributed by atoms with Gasteiger partial charge in [0.25, 0.3) is 5.91 Å². The number of benzene rings is 2. The molecule has 2 aliphatic rings. The molecule has 2 heterocycles. The summed E-state index contributed by atoms with van der Waals surface area (Å²) in [5.41, 5.74) is 9.58. The Morgan fingerprint density at radius 1 is 1.03 bits per heavy atom. The first-order valence-corrected chi connectivity index (χ1v) is 12.7. The maximum absolute atomic E-state index is 13.4. The normalized spacial score (nSPS) is 16.8. The Balaban J connectivity index is 0.00000380. The molecule has 0 aromatic heterocycles. The molecule has 0 spiro atoms. The van der Waals surface area contributed by atoms with Crippen molar-refractivity contribution in [2.45, 2.75) is 57.9 Å². The molecule has 198 valence electrons. The molecule has 0 bridgehead atoms. The van der Waals surface area contributed by atoms with Gasteiger partial charge >= 0.3 is 5.97 Å². The number of amides is 2. The summed E-state index contributed by atoms with van der Waals surface area (Å²) in [5.74, 6) is -0.426. The molecule has 2 aromatic rings. The predicted molar refractivity (Wildman–Crippen MR) is 145 cm³/mol. The van der Waals surface area contributed by atoms with Crippen molar-refractivity contribution in [1.82, 2.24) is 4.90 Å². The Morgan fingerprint density at radius 3 is 2.46 bits per heavy atom. The molecule has 1 unspecified atom stereocenters. The molecule has 37 heavy (non-hydrogen) atoms. The van der Waals surface area contributed by atoms with Crippen LogP contribution in [0.5, 0.6) is 0 Å². The van der Waals surface area contributed by atoms with Crippen LogP contribution in [0, 0.1) is 5.41 Å². The third-order valence-electron chi connectivity index (χ3n) is 6.96. The van der Waals surface area contributed by atoms with Gasteiger partial charge in [-0.1, -0.05) is 24.3 Å². The highest BCUT2D eigenvalue weighted by atomic mass is 35.5. The van der Waals surface area contributed by atoms with E-state index in [9.17, 15) is 14.4 Å². The molecule has 1 saturated heterocycles. The smallest absolute Gasteiger partial charge is 0.328 e. The van der Waals surface area contributed by atoms with Crippen LogP contribution in [0.4, 0.5) is 5.69 Å². The number of anilines is 1. The fourth-order valence-corrected chi connectivity index (χ4v) is 5.05. The first kappa shape index (κ1) is 28.2. The van der Waals surface area contributed by atoms with Crippen LogP contribution >= 0.6 is 12.4 Å². The highest BCUT2D eigenvalue weighted by molar-refractivity contribution is 5.99. The molecule has 1 atom stereocenters. The second-order valence-corrected chi connectivity index (χ2v) is 9.37. The minimum Gasteiger partial charge on any atom is -0.464 e. The number of nitrogen functional groups attached to an aromatic ring is 1. The van der Waals surface area contributed by atoms with Gasteiger partial charge in [0.15, 0.2) is 0 Å². The summed E-state index contributed by atoms with van der Waals surface area (Å²) in [6, 6.07) is 12.4. The number of aryl methyl sites for hydroxylation is 2. The second-order valence-electron chi connectivity index (χ2n) is 9.37. The number of carbonyl (C=O) groups excluding carboxylic acids is 3. The Morgan fingerprint density at radius 2 is 1.76 bits per heavy atom. The number of nitrogens with one attached hydrogen (secondary N) is 1. The first-order valence-electron chi connectivity index (χ1n) is 12.7. The lowest BCUT2D eigenvalue weighted by molar-refractivity contribution is -0.149. The summed E-state index contributed by atoms with van der Waals surface area (Å²) in [5, 5.41) is 7.50. The van der Waals surface area contributed by atoms with Gasteiger partial charge in [0.05, 0.1) is 6.61 Å². The Labute approximate surface area is 224 Å². The van der Waals surface area contributed by atoms with Crippen molar-refractivity contribution in [2.24, 2.45) is 5.73 Å². The molecule has 8 nitrogen and oxygen atoms in total. The van der Waals surface area contributed by atoms with Crippen LogP contribution < -0.4 is 10.6 Å². The maximum atomic E-state index is 13.4. The standard InChI is InChI=1S/C28H34N4O4.ClH/c1-2-36-28(35)24-7-3-4-16-32(24)27(34)22-13-14-23-21(18-22)6-5-17-31(23)25(33)15-10-19-8-11-20(12-9-19)26(29)30;/h8-9,11-14,18,24H,2-7,10,15-17H2,1H3,(H3,29,30);1H. The highest BCUT2D eigenvalue weighted by Gasteiger charge is 2.34. The number of esters is 1. The van der Waals surface area contributed by atoms with Gasteiger partial charge in [-0.25, -0.2) is 4.79 Å². The van der Waals surface area contributed by atoms with Crippen molar-refractivity contribution in [3.8, 4) is 0 Å². The minimum absolute atomic E-state index is 0. The lowest BCUT2D eigenvalue weighted by Gasteiger charge is -2.34. The van der Waals surface area contributed by atoms with Crippen LogP contribution in [0.3, 0.4) is 0 Å². The van der Waals surface area contributed by atoms with Gasteiger partial charge in [-0.15, -0.1) is 12.4 Å². The number of hydrogen-bond donors (Lipinski definition) is 2. The number of halogens is 1. The fraction of sp³-hybridized carbons (Fsp3) is 0.429. The number of piperidine rings is 1. The lowest BCUT2D eigenvalue weighted by atomic mass is 9.96. The van der Waals surface area contributed by atoms with E-state index in [-0.39, 0.29) is 36.0 Å². The van der Waals surface area contributed by atoms with Crippen molar-refractivity contribution >= 4 is 41.7 Å². The Hall–Kier alpha value is -3.39. The van der Waals surface area contributed by atoms with Crippen LogP contribution in [-0.4, -0.2) is 54.3 Å². The summed E-state index contributed by atoms with van der Waals surface area (Å²) < 4.78 is 5.21. The number of fused-ring (bicyclic) bond motifs is 1. The third kappa shape index (κ3) is 6.49. The molecule has 2 aromatic carbocycles. The van der Waals surface area contributed by atoms with Gasteiger partial charge in [0, 0.05) is 36.3 Å². The van der Waals surface area contributed by atoms with E-state index in [4.69, 9.17) is 15.9 Å². The van der Waals surface area contributed by atoms with Crippen LogP contribution in [0.1, 0.15) is 66.1 Å². The van der Waals surface area contributed by atoms with Gasteiger partial charge in [-0.05, 0) is 74.8 Å². The van der Waals surface area contributed by atoms with E-state index in [2.05, 4.69) is 0 Å². The molecular formula is C28H35ClN4O4. The topological polar surface area (TPSA) is 117 Å². The van der Waals surface area contributed by atoms with Crippen LogP contribution in [0.2, 0.25) is 0 Å². The molecule has 0 aliphatic carbocycles. The van der Waals surface area contributed by atoms with Gasteiger partial charge in [-0.3, -0.25) is 15.0 Å². The van der Waals surface area contributed by atoms with E-state index in [0.717, 1.165) is 42.5 Å². The average molecular weight is 527 g/mol. The third-order valence-corrected chi connectivity index (χ3v) is 6.96. The molecule has 1 fully saturated rings. The van der Waals surface area contributed by atoms with E-state index in [1.807, 2.05) is 29.2 Å². The molecule has 0 saturated carbocycles. The first-order chi connectivity index (χ1) is 17.4. The summed E-state index contributed by atoms with van der Waals surface area (Å²) in [6.07, 6.45) is 4.99. The summed E-state index contributed by atoms with van der Waals surface area (Å²) >= 11 is 0. The highest BCUT2D eigenvalue weighted by Crippen LogP contribution is 2.30. The predicted octanol–water partition coefficient (Wildman–Crippen LogP) is 3.86. The zero-order valence-corrected chi connectivity index (χ0v) is 22.0. The minimum atomic E-state index is -0.537. The van der Waals surface area contributed by atoms with E-state index in [1.54, 1.807) is 30.0 Å². The number of hydrogen-bond acceptors (Lipinski definition) is 5. The molecule has 0 radical (unpaired) electrons. The number of amidine groups is 1. The van der Waals surface area contributed by atoms with E-state index in [1.165, 1.54) is 0 Å². The number of nitrogens with two attached hydrogens (primary N) is 1. The van der Waals surface area contributed by atoms with Crippen LogP contribution in [0.25, 0.3) is 0 Å². The molecule has 2 aliphatic heterocycles. The van der Waals surface area contributed by atoms with Crippen molar-refractivity contribution in [1.29, 1.82) is 5.41 Å². The zero-order chi connectivity index (χ0) is 25.7. The number of ether oxygens (including phenoxy) is 1. The molecule has 4 rings (SSSR count). The van der Waals surface area contributed by atoms with Crippen molar-refractivity contribution in [3.63, 3.8) is 0 Å². The lowest BCUT2D eigenvalue weighted by Crippen LogP contribution is -2.48. The van der Waals surface area contributed by atoms with Gasteiger partial charge in [0.2, 0.25) is 5.91 Å². The van der Waals surface area contributed by atoms with Crippen LogP contribution in [-0.2, 0) is 27.2 Å². The van der Waals surface area contributed by atoms with E-state index >= 15 is 0 Å². The quantitative estimate of drug-likeness (QED) is 0.323. The number of carbonyl (C=O) groups is 3. The van der Waals surface area contributed by atoms with Gasteiger partial charge in [0.1, 0.15) is 11.9 Å². The number of rotatable bonds is 7. The average Bonchev–Trinajstić information content (AvgIpc) is 2.91. The van der Waals surface area contributed by atoms with Gasteiger partial charge in [-0.2, -0.15) is 0 Å². The maximum Gasteiger partial charge on any atom is 0.328 e. The second kappa shape index (κ2) is 12.7. The largest absolute Gasteiger partial charge is 0.464 e. The van der Waals surface area contributed by atoms with E-state index < -0.39 is 6.04 Å². The van der Waals surface area contributed by atoms with Crippen molar-refractivity contribution in [3.05, 3.63) is 64.7 Å². The van der Waals surface area contributed by atoms with Crippen molar-refractivity contribution < 1.29 is 19.1 Å². The molecule has 2 amide bonds. The molecular weight excluding hydrogens is 492 g/mol. The summed E-state index contributed by atoms with van der Waals surface area (Å²) in [4.78, 5) is 42.4. The molecule has 3 N–H and O–H groups in total. The monoisotopic (exact) mass is 526 g/mol. The summed E-state index contributed by atoms with van der Waals surface area (Å²) in [6.45, 7) is 3.26. The number of likely N-dealkylation sites (tertiary alicyclic amines) is 1. The Bertz CT molecular complexity index is 1150. The Kier molecular flexibility index (Phi) is 9.69. The number of nitrogens with zero attached hydrogens (tertiary/aromatic N) is 2. The van der Waals surface area contributed by atoms with Crippen molar-refractivity contribution in [2.75, 3.05) is 24.6 Å². The van der Waals surface area contributed by atoms with Crippen LogP contribution in [0.15, 0.2) is 42.5 Å². The SMILES string of the molecule is CCOC(=O)C1CCCCN1C(=O)c1ccc2c(c1)CCCN2C(=O)CCc1ccc(C(=N)N)cc1.Cl. The zero-order valence-electron chi connectivity index (χ0n) is 21.2. The fourth-order valence-electron chi connectivity index (χ4n) is 5.05. The summed E-state index contributed by atoms with van der Waals surface area (Å²) in [7, 11) is 0. The van der Waals surface area contributed by atoms with E-state index in [0.29, 0.717) is 50.1 Å². The van der Waals surface area contributed by atoms with Gasteiger partial charge < -0.3 is 20.3 Å².